The van der Waals surface area contributed by atoms with Gasteiger partial charge in [0.25, 0.3) is 5.91 Å². The summed E-state index contributed by atoms with van der Waals surface area (Å²) in [5.74, 6) is -1.34. The predicted molar refractivity (Wildman–Crippen MR) is 89.6 cm³/mol. The maximum atomic E-state index is 13.7. The van der Waals surface area contributed by atoms with E-state index < -0.39 is 11.6 Å². The van der Waals surface area contributed by atoms with Crippen molar-refractivity contribution in [3.8, 4) is 17.0 Å². The first-order valence-electron chi connectivity index (χ1n) is 7.83. The maximum Gasteiger partial charge on any atom is 0.254 e. The van der Waals surface area contributed by atoms with E-state index in [1.807, 2.05) is 0 Å². The molecule has 0 unspecified atom stereocenters. The number of rotatable bonds is 2. The summed E-state index contributed by atoms with van der Waals surface area (Å²) in [6, 6.07) is 5.61. The zero-order chi connectivity index (χ0) is 17.7. The largest absolute Gasteiger partial charge is 0.505 e. The van der Waals surface area contributed by atoms with Crippen LogP contribution in [0, 0.1) is 12.7 Å². The van der Waals surface area contributed by atoms with Gasteiger partial charge in [-0.05, 0) is 31.2 Å². The van der Waals surface area contributed by atoms with Crippen LogP contribution in [0.5, 0.6) is 5.75 Å². The van der Waals surface area contributed by atoms with Crippen LogP contribution in [0.4, 0.5) is 4.39 Å². The molecule has 25 heavy (non-hydrogen) atoms. The van der Waals surface area contributed by atoms with Gasteiger partial charge in [0, 0.05) is 24.7 Å². The normalized spacial score (nSPS) is 14.8. The summed E-state index contributed by atoms with van der Waals surface area (Å²) in [4.78, 5) is 18.9. The summed E-state index contributed by atoms with van der Waals surface area (Å²) >= 11 is 0. The van der Waals surface area contributed by atoms with Crippen LogP contribution < -0.4 is 5.73 Å². The first kappa shape index (κ1) is 15.5. The second kappa shape index (κ2) is 5.52. The van der Waals surface area contributed by atoms with Crippen molar-refractivity contribution in [2.75, 3.05) is 13.1 Å². The molecule has 4 N–H and O–H groups in total. The summed E-state index contributed by atoms with van der Waals surface area (Å²) in [5.41, 5.74) is 8.22. The van der Waals surface area contributed by atoms with Gasteiger partial charge in [-0.15, -0.1) is 0 Å². The van der Waals surface area contributed by atoms with Gasteiger partial charge in [0.1, 0.15) is 0 Å². The lowest BCUT2D eigenvalue weighted by Crippen LogP contribution is -2.57. The number of phenolic OH excluding ortho intramolecular Hbond substituents is 1. The number of fused-ring (bicyclic) bond motifs is 1. The van der Waals surface area contributed by atoms with E-state index >= 15 is 0 Å². The predicted octanol–water partition coefficient (Wildman–Crippen LogP) is 1.56. The maximum absolute atomic E-state index is 13.7. The number of nitrogens with two attached hydrogens (primary N) is 1. The lowest BCUT2D eigenvalue weighted by atomic mass is 10.0. The van der Waals surface area contributed by atoms with E-state index in [-0.39, 0.29) is 11.9 Å². The van der Waals surface area contributed by atoms with Crippen LogP contribution in [0.2, 0.25) is 0 Å². The number of aromatic amines is 1. The SMILES string of the molecule is Cc1n[nH]c2nc(-c3ccc(O)c(F)c3)cc(C(=O)N3CC(N)C3)c12. The molecule has 1 saturated heterocycles. The van der Waals surface area contributed by atoms with Crippen LogP contribution in [0.25, 0.3) is 22.3 Å². The minimum Gasteiger partial charge on any atom is -0.505 e. The lowest BCUT2D eigenvalue weighted by molar-refractivity contribution is 0.0610. The van der Waals surface area contributed by atoms with Crippen LogP contribution in [0.1, 0.15) is 16.1 Å². The molecule has 128 valence electrons. The van der Waals surface area contributed by atoms with E-state index in [1.54, 1.807) is 24.0 Å². The van der Waals surface area contributed by atoms with Gasteiger partial charge in [0.2, 0.25) is 0 Å². The monoisotopic (exact) mass is 341 g/mol. The molecule has 1 aliphatic heterocycles. The second-order valence-corrected chi connectivity index (χ2v) is 6.22. The number of pyridine rings is 1. The number of hydrogen-bond donors (Lipinski definition) is 3. The number of aromatic nitrogens is 3. The highest BCUT2D eigenvalue weighted by Crippen LogP contribution is 2.29. The Kier molecular flexibility index (Phi) is 3.43. The van der Waals surface area contributed by atoms with E-state index in [9.17, 15) is 14.3 Å². The van der Waals surface area contributed by atoms with Crippen molar-refractivity contribution in [3.63, 3.8) is 0 Å². The van der Waals surface area contributed by atoms with Gasteiger partial charge >= 0.3 is 0 Å². The Morgan fingerprint density at radius 2 is 2.16 bits per heavy atom. The zero-order valence-corrected chi connectivity index (χ0v) is 13.5. The number of hydrogen-bond acceptors (Lipinski definition) is 5. The van der Waals surface area contributed by atoms with Crippen LogP contribution in [-0.2, 0) is 0 Å². The van der Waals surface area contributed by atoms with Gasteiger partial charge in [-0.3, -0.25) is 9.89 Å². The van der Waals surface area contributed by atoms with Crippen molar-refractivity contribution in [1.29, 1.82) is 0 Å². The van der Waals surface area contributed by atoms with Gasteiger partial charge in [0.15, 0.2) is 17.2 Å². The van der Waals surface area contributed by atoms with Crippen LogP contribution in [0.3, 0.4) is 0 Å². The molecule has 1 aromatic carbocycles. The quantitative estimate of drug-likeness (QED) is 0.655. The number of nitrogens with one attached hydrogen (secondary N) is 1. The molecule has 1 fully saturated rings. The lowest BCUT2D eigenvalue weighted by Gasteiger charge is -2.37. The number of aromatic hydroxyl groups is 1. The molecular formula is C17H16FN5O2. The molecule has 2 aromatic heterocycles. The van der Waals surface area contributed by atoms with Gasteiger partial charge < -0.3 is 15.7 Å². The molecule has 1 amide bonds. The van der Waals surface area contributed by atoms with Gasteiger partial charge in [-0.25, -0.2) is 9.37 Å². The Morgan fingerprint density at radius 1 is 1.40 bits per heavy atom. The van der Waals surface area contributed by atoms with Crippen molar-refractivity contribution >= 4 is 16.9 Å². The van der Waals surface area contributed by atoms with Crippen LogP contribution in [0.15, 0.2) is 24.3 Å². The minimum absolute atomic E-state index is 0.00242. The van der Waals surface area contributed by atoms with Crippen LogP contribution >= 0.6 is 0 Å². The van der Waals surface area contributed by atoms with Gasteiger partial charge in [0.05, 0.1) is 22.3 Å². The molecule has 0 spiro atoms. The number of phenols is 1. The molecule has 0 saturated carbocycles. The molecule has 0 bridgehead atoms. The Bertz CT molecular complexity index is 994. The number of halogens is 1. The highest BCUT2D eigenvalue weighted by molar-refractivity contribution is 6.07. The topological polar surface area (TPSA) is 108 Å². The number of aryl methyl sites for hydroxylation is 1. The summed E-state index contributed by atoms with van der Waals surface area (Å²) in [6.45, 7) is 2.80. The molecule has 0 aliphatic carbocycles. The van der Waals surface area contributed by atoms with Crippen molar-refractivity contribution in [3.05, 3.63) is 41.3 Å². The van der Waals surface area contributed by atoms with E-state index in [2.05, 4.69) is 15.2 Å². The minimum atomic E-state index is -0.748. The molecule has 3 aromatic rings. The highest BCUT2D eigenvalue weighted by Gasteiger charge is 2.30. The fraction of sp³-hybridized carbons (Fsp3) is 0.235. The summed E-state index contributed by atoms with van der Waals surface area (Å²) in [7, 11) is 0. The zero-order valence-electron chi connectivity index (χ0n) is 13.5. The van der Waals surface area contributed by atoms with Crippen molar-refractivity contribution < 1.29 is 14.3 Å². The number of nitrogens with zero attached hydrogens (tertiary/aromatic N) is 3. The molecular weight excluding hydrogens is 325 g/mol. The number of amides is 1. The fourth-order valence-corrected chi connectivity index (χ4v) is 3.02. The van der Waals surface area contributed by atoms with Crippen molar-refractivity contribution in [2.24, 2.45) is 5.73 Å². The molecule has 7 nitrogen and oxygen atoms in total. The average Bonchev–Trinajstić information content (AvgIpc) is 2.94. The van der Waals surface area contributed by atoms with E-state index in [0.29, 0.717) is 46.6 Å². The number of carbonyl (C=O) groups is 1. The summed E-state index contributed by atoms with van der Waals surface area (Å²) in [5, 5.41) is 16.9. The smallest absolute Gasteiger partial charge is 0.254 e. The number of benzene rings is 1. The van der Waals surface area contributed by atoms with E-state index in [1.165, 1.54) is 12.1 Å². The molecule has 0 radical (unpaired) electrons. The van der Waals surface area contributed by atoms with Crippen LogP contribution in [-0.4, -0.2) is 50.2 Å². The third-order valence-electron chi connectivity index (χ3n) is 4.38. The van der Waals surface area contributed by atoms with E-state index in [4.69, 9.17) is 5.73 Å². The molecule has 1 aliphatic rings. The van der Waals surface area contributed by atoms with E-state index in [0.717, 1.165) is 0 Å². The number of carbonyl (C=O) groups excluding carboxylic acids is 1. The number of H-pyrrole nitrogens is 1. The van der Waals surface area contributed by atoms with Crippen molar-refractivity contribution in [1.82, 2.24) is 20.1 Å². The fourth-order valence-electron chi connectivity index (χ4n) is 3.02. The Balaban J connectivity index is 1.86. The Hall–Kier alpha value is -3.00. The highest BCUT2D eigenvalue weighted by atomic mass is 19.1. The third kappa shape index (κ3) is 2.51. The van der Waals surface area contributed by atoms with Gasteiger partial charge in [-0.1, -0.05) is 0 Å². The summed E-state index contributed by atoms with van der Waals surface area (Å²) in [6.07, 6.45) is 0. The first-order chi connectivity index (χ1) is 11.9. The van der Waals surface area contributed by atoms with Crippen molar-refractivity contribution in [2.45, 2.75) is 13.0 Å². The second-order valence-electron chi connectivity index (χ2n) is 6.22. The number of likely N-dealkylation sites (tertiary alicyclic amines) is 1. The summed E-state index contributed by atoms with van der Waals surface area (Å²) < 4.78 is 13.7. The molecule has 0 atom stereocenters. The standard InChI is InChI=1S/C17H16FN5O2/c1-8-15-11(17(25)23-6-10(19)7-23)5-13(20-16(15)22-21-8)9-2-3-14(24)12(18)4-9/h2-5,10,24H,6-7,19H2,1H3,(H,20,21,22). The third-order valence-corrected chi connectivity index (χ3v) is 4.38. The molecule has 4 rings (SSSR count). The Morgan fingerprint density at radius 3 is 2.84 bits per heavy atom. The van der Waals surface area contributed by atoms with Gasteiger partial charge in [-0.2, -0.15) is 5.10 Å². The first-order valence-corrected chi connectivity index (χ1v) is 7.83. The average molecular weight is 341 g/mol. The Labute approximate surface area is 142 Å². The molecule has 8 heteroatoms. The molecule has 3 heterocycles.